The van der Waals surface area contributed by atoms with Gasteiger partial charge in [-0.05, 0) is 19.8 Å². The Hall–Kier alpha value is -0.550. The van der Waals surface area contributed by atoms with Crippen LogP contribution in [0.25, 0.3) is 0 Å². The third kappa shape index (κ3) is 4.32. The van der Waals surface area contributed by atoms with Crippen LogP contribution in [0.15, 0.2) is 5.38 Å². The highest BCUT2D eigenvalue weighted by atomic mass is 32.2. The zero-order valence-corrected chi connectivity index (χ0v) is 11.7. The van der Waals surface area contributed by atoms with Gasteiger partial charge in [0.15, 0.2) is 0 Å². The maximum Gasteiger partial charge on any atom is 0.230 e. The first-order valence-electron chi connectivity index (χ1n) is 6.02. The zero-order valence-electron chi connectivity index (χ0n) is 10.1. The number of carbonyl (C=O) groups is 1. The number of nitrogens with zero attached hydrogens (tertiary/aromatic N) is 1. The van der Waals surface area contributed by atoms with Crippen LogP contribution in [0.5, 0.6) is 0 Å². The number of thiazole rings is 1. The van der Waals surface area contributed by atoms with Gasteiger partial charge in [-0.2, -0.15) is 0 Å². The Balaban J connectivity index is 1.62. The fraction of sp³-hybridized carbons (Fsp3) is 0.667. The molecule has 1 heterocycles. The molecule has 1 N–H and O–H groups in total. The molecule has 1 aliphatic rings. The topological polar surface area (TPSA) is 42.0 Å². The number of hydrogen-bond donors (Lipinski definition) is 1. The lowest BCUT2D eigenvalue weighted by Gasteiger charge is -2.11. The molecule has 94 valence electrons. The maximum atomic E-state index is 11.6. The summed E-state index contributed by atoms with van der Waals surface area (Å²) < 4.78 is 0. The third-order valence-electron chi connectivity index (χ3n) is 2.87. The number of hydrogen-bond acceptors (Lipinski definition) is 4. The fourth-order valence-electron chi connectivity index (χ4n) is 2.06. The molecule has 2 rings (SSSR count). The second-order valence-corrected chi connectivity index (χ2v) is 6.45. The van der Waals surface area contributed by atoms with E-state index in [0.717, 1.165) is 29.3 Å². The number of aryl methyl sites for hydroxylation is 1. The minimum Gasteiger partial charge on any atom is -0.353 e. The minimum atomic E-state index is 0.175. The van der Waals surface area contributed by atoms with Crippen LogP contribution >= 0.6 is 23.1 Å². The highest BCUT2D eigenvalue weighted by molar-refractivity contribution is 7.99. The van der Waals surface area contributed by atoms with E-state index >= 15 is 0 Å². The molecule has 0 atom stereocenters. The van der Waals surface area contributed by atoms with Gasteiger partial charge in [-0.3, -0.25) is 4.79 Å². The summed E-state index contributed by atoms with van der Waals surface area (Å²) in [6, 6.07) is 0.435. The van der Waals surface area contributed by atoms with Gasteiger partial charge in [-0.25, -0.2) is 4.98 Å². The lowest BCUT2D eigenvalue weighted by atomic mass is 10.2. The van der Waals surface area contributed by atoms with Gasteiger partial charge in [-0.1, -0.05) is 12.8 Å². The molecule has 0 aliphatic heterocycles. The van der Waals surface area contributed by atoms with Crippen molar-refractivity contribution in [1.82, 2.24) is 10.3 Å². The van der Waals surface area contributed by atoms with Crippen LogP contribution < -0.4 is 5.32 Å². The van der Waals surface area contributed by atoms with E-state index in [1.807, 2.05) is 6.92 Å². The molecule has 0 aromatic carbocycles. The van der Waals surface area contributed by atoms with Crippen molar-refractivity contribution in [2.24, 2.45) is 0 Å². The maximum absolute atomic E-state index is 11.6. The molecular formula is C12H18N2OS2. The smallest absolute Gasteiger partial charge is 0.230 e. The van der Waals surface area contributed by atoms with Crippen molar-refractivity contribution in [2.75, 3.05) is 5.75 Å². The predicted molar refractivity (Wildman–Crippen MR) is 73.4 cm³/mol. The number of carbonyl (C=O) groups excluding carboxylic acids is 1. The number of nitrogens with one attached hydrogen (secondary N) is 1. The predicted octanol–water partition coefficient (Wildman–Crippen LogP) is 2.74. The van der Waals surface area contributed by atoms with E-state index in [2.05, 4.69) is 15.7 Å². The van der Waals surface area contributed by atoms with E-state index in [-0.39, 0.29) is 5.91 Å². The van der Waals surface area contributed by atoms with Crippen molar-refractivity contribution in [2.45, 2.75) is 44.4 Å². The highest BCUT2D eigenvalue weighted by Crippen LogP contribution is 2.18. The van der Waals surface area contributed by atoms with Crippen LogP contribution in [0, 0.1) is 6.92 Å². The SMILES string of the molecule is Cc1nc(CSCC(=O)NC2CCCC2)cs1. The number of aromatic nitrogens is 1. The molecule has 0 bridgehead atoms. The average molecular weight is 270 g/mol. The molecule has 0 unspecified atom stereocenters. The number of rotatable bonds is 5. The molecule has 1 fully saturated rings. The van der Waals surface area contributed by atoms with Crippen LogP contribution in [0.4, 0.5) is 0 Å². The van der Waals surface area contributed by atoms with Crippen molar-refractivity contribution in [3.8, 4) is 0 Å². The fourth-order valence-corrected chi connectivity index (χ4v) is 3.51. The van der Waals surface area contributed by atoms with Crippen molar-refractivity contribution < 1.29 is 4.79 Å². The lowest BCUT2D eigenvalue weighted by Crippen LogP contribution is -2.33. The normalized spacial score (nSPS) is 16.3. The van der Waals surface area contributed by atoms with Gasteiger partial charge in [0.05, 0.1) is 16.5 Å². The van der Waals surface area contributed by atoms with E-state index < -0.39 is 0 Å². The Bertz CT molecular complexity index is 372. The lowest BCUT2D eigenvalue weighted by molar-refractivity contribution is -0.119. The Morgan fingerprint density at radius 2 is 2.35 bits per heavy atom. The van der Waals surface area contributed by atoms with E-state index in [1.165, 1.54) is 12.8 Å². The van der Waals surface area contributed by atoms with Crippen molar-refractivity contribution >= 4 is 29.0 Å². The number of thioether (sulfide) groups is 1. The Kier molecular flexibility index (Phi) is 4.86. The summed E-state index contributed by atoms with van der Waals surface area (Å²) in [4.78, 5) is 16.0. The first kappa shape index (κ1) is 12.9. The Morgan fingerprint density at radius 1 is 1.59 bits per heavy atom. The molecule has 1 aromatic rings. The van der Waals surface area contributed by atoms with Gasteiger partial charge in [0.2, 0.25) is 5.91 Å². The Labute approximate surface area is 110 Å². The van der Waals surface area contributed by atoms with E-state index in [4.69, 9.17) is 0 Å². The highest BCUT2D eigenvalue weighted by Gasteiger charge is 2.16. The van der Waals surface area contributed by atoms with E-state index in [9.17, 15) is 4.79 Å². The molecule has 3 nitrogen and oxygen atoms in total. The molecule has 5 heteroatoms. The summed E-state index contributed by atoms with van der Waals surface area (Å²) in [5, 5.41) is 6.25. The molecule has 17 heavy (non-hydrogen) atoms. The van der Waals surface area contributed by atoms with Gasteiger partial charge in [-0.15, -0.1) is 23.1 Å². The second kappa shape index (κ2) is 6.40. The Morgan fingerprint density at radius 3 is 3.00 bits per heavy atom. The summed E-state index contributed by atoms with van der Waals surface area (Å²) in [5.74, 6) is 1.56. The quantitative estimate of drug-likeness (QED) is 0.894. The van der Waals surface area contributed by atoms with Gasteiger partial charge in [0.1, 0.15) is 0 Å². The summed E-state index contributed by atoms with van der Waals surface area (Å²) in [7, 11) is 0. The van der Waals surface area contributed by atoms with Gasteiger partial charge >= 0.3 is 0 Å². The van der Waals surface area contributed by atoms with Gasteiger partial charge in [0, 0.05) is 17.2 Å². The van der Waals surface area contributed by atoms with Crippen LogP contribution in [0.2, 0.25) is 0 Å². The van der Waals surface area contributed by atoms with Crippen LogP contribution in [-0.2, 0) is 10.5 Å². The van der Waals surface area contributed by atoms with Crippen molar-refractivity contribution in [1.29, 1.82) is 0 Å². The third-order valence-corrected chi connectivity index (χ3v) is 4.66. The van der Waals surface area contributed by atoms with E-state index in [0.29, 0.717) is 11.8 Å². The first-order chi connectivity index (χ1) is 8.24. The summed E-state index contributed by atoms with van der Waals surface area (Å²) in [6.07, 6.45) is 4.83. The van der Waals surface area contributed by atoms with Crippen LogP contribution in [-0.4, -0.2) is 22.7 Å². The van der Waals surface area contributed by atoms with Crippen molar-refractivity contribution in [3.05, 3.63) is 16.1 Å². The first-order valence-corrected chi connectivity index (χ1v) is 8.05. The zero-order chi connectivity index (χ0) is 12.1. The number of amides is 1. The van der Waals surface area contributed by atoms with Crippen molar-refractivity contribution in [3.63, 3.8) is 0 Å². The molecule has 0 spiro atoms. The molecule has 1 saturated carbocycles. The largest absolute Gasteiger partial charge is 0.353 e. The van der Waals surface area contributed by atoms with Crippen LogP contribution in [0.3, 0.4) is 0 Å². The van der Waals surface area contributed by atoms with Gasteiger partial charge < -0.3 is 5.32 Å². The average Bonchev–Trinajstić information content (AvgIpc) is 2.90. The summed E-state index contributed by atoms with van der Waals surface area (Å²) in [5.41, 5.74) is 1.09. The monoisotopic (exact) mass is 270 g/mol. The van der Waals surface area contributed by atoms with E-state index in [1.54, 1.807) is 23.1 Å². The summed E-state index contributed by atoms with van der Waals surface area (Å²) in [6.45, 7) is 2.01. The van der Waals surface area contributed by atoms with Gasteiger partial charge in [0.25, 0.3) is 0 Å². The molecule has 0 radical (unpaired) electrons. The van der Waals surface area contributed by atoms with Crippen LogP contribution in [0.1, 0.15) is 36.4 Å². The summed E-state index contributed by atoms with van der Waals surface area (Å²) >= 11 is 3.31. The molecule has 0 saturated heterocycles. The molecule has 1 aliphatic carbocycles. The standard InChI is InChI=1S/C12H18N2OS2/c1-9-13-11(7-17-9)6-16-8-12(15)14-10-4-2-3-5-10/h7,10H,2-6,8H2,1H3,(H,14,15). The molecule has 1 amide bonds. The second-order valence-electron chi connectivity index (χ2n) is 4.40. The molecular weight excluding hydrogens is 252 g/mol. The molecule has 1 aromatic heterocycles. The minimum absolute atomic E-state index is 0.175.